The molecule has 0 saturated carbocycles. The molecule has 4 rings (SSSR count). The summed E-state index contributed by atoms with van der Waals surface area (Å²) in [4.78, 5) is 24.5. The number of benzene rings is 2. The highest BCUT2D eigenvalue weighted by molar-refractivity contribution is 5.98. The van der Waals surface area contributed by atoms with Crippen LogP contribution < -0.4 is 0 Å². The zero-order valence-electron chi connectivity index (χ0n) is 18.1. The summed E-state index contributed by atoms with van der Waals surface area (Å²) in [6.45, 7) is -0.605. The Morgan fingerprint density at radius 1 is 0.971 bits per heavy atom. The van der Waals surface area contributed by atoms with Crippen molar-refractivity contribution in [1.82, 2.24) is 0 Å². The summed E-state index contributed by atoms with van der Waals surface area (Å²) < 4.78 is 16.4. The quantitative estimate of drug-likeness (QED) is 0.221. The van der Waals surface area contributed by atoms with Crippen LogP contribution in [0.1, 0.15) is 45.2 Å². The molecule has 2 aromatic rings. The third kappa shape index (κ3) is 4.88. The van der Waals surface area contributed by atoms with Gasteiger partial charge < -0.3 is 50.0 Å². The number of rotatable bonds is 5. The van der Waals surface area contributed by atoms with Crippen LogP contribution in [0, 0.1) is 0 Å². The van der Waals surface area contributed by atoms with Gasteiger partial charge in [0.15, 0.2) is 29.3 Å². The number of aromatic hydroxyl groups is 4. The van der Waals surface area contributed by atoms with Crippen LogP contribution in [-0.2, 0) is 14.2 Å². The molecule has 1 fully saturated rings. The molecule has 35 heavy (non-hydrogen) atoms. The van der Waals surface area contributed by atoms with Gasteiger partial charge in [0.05, 0.1) is 11.7 Å². The van der Waals surface area contributed by atoms with Crippen LogP contribution in [-0.4, -0.2) is 84.8 Å². The summed E-state index contributed by atoms with van der Waals surface area (Å²) >= 11 is 0. The number of aliphatic hydroxyl groups is 3. The van der Waals surface area contributed by atoms with Crippen molar-refractivity contribution in [3.63, 3.8) is 0 Å². The van der Waals surface area contributed by atoms with Crippen LogP contribution in [0.2, 0.25) is 0 Å². The molecular weight excluding hydrogens is 468 g/mol. The summed E-state index contributed by atoms with van der Waals surface area (Å²) in [5.74, 6) is -3.60. The van der Waals surface area contributed by atoms with Crippen LogP contribution in [0.4, 0.5) is 0 Å². The predicted molar refractivity (Wildman–Crippen MR) is 114 cm³/mol. The maximum atomic E-state index is 12.3. The third-order valence-electron chi connectivity index (χ3n) is 5.97. The molecule has 1 heterocycles. The van der Waals surface area contributed by atoms with Gasteiger partial charge in [0.25, 0.3) is 0 Å². The van der Waals surface area contributed by atoms with Crippen molar-refractivity contribution in [2.45, 2.75) is 49.7 Å². The van der Waals surface area contributed by atoms with E-state index in [-0.39, 0.29) is 29.9 Å². The standard InChI is InChI=1S/C23H24O12/c24-10-1-2-11-12(7-10)16(4-3-13(11)25)34-23-21(31)20(30)19(29)17(35-23)8-33-22(32)9-5-14(26)18(28)15(27)6-9/h1-2,5-7,16-17,19-21,23-24,26-31H,3-4,8H2/t16-,17+,19+,20-,21+,23+/m0/s1. The number of esters is 1. The Morgan fingerprint density at radius 2 is 1.66 bits per heavy atom. The van der Waals surface area contributed by atoms with Crippen molar-refractivity contribution in [2.75, 3.05) is 6.61 Å². The third-order valence-corrected chi connectivity index (χ3v) is 5.97. The summed E-state index contributed by atoms with van der Waals surface area (Å²) in [6, 6.07) is 5.90. The molecule has 0 radical (unpaired) electrons. The minimum absolute atomic E-state index is 0.0938. The number of carbonyl (C=O) groups excluding carboxylic acids is 2. The lowest BCUT2D eigenvalue weighted by atomic mass is 9.88. The molecule has 12 heteroatoms. The summed E-state index contributed by atoms with van der Waals surface area (Å²) in [5, 5.41) is 69.3. The smallest absolute Gasteiger partial charge is 0.338 e. The Bertz CT molecular complexity index is 1110. The number of phenolic OH excluding ortho intramolecular Hbond substituents is 4. The van der Waals surface area contributed by atoms with E-state index in [0.717, 1.165) is 12.1 Å². The van der Waals surface area contributed by atoms with Gasteiger partial charge in [-0.1, -0.05) is 0 Å². The van der Waals surface area contributed by atoms with Crippen LogP contribution in [0.5, 0.6) is 23.0 Å². The first-order chi connectivity index (χ1) is 16.6. The van der Waals surface area contributed by atoms with Crippen molar-refractivity contribution in [3.05, 3.63) is 47.0 Å². The highest BCUT2D eigenvalue weighted by atomic mass is 16.7. The molecule has 2 aliphatic rings. The molecule has 1 saturated heterocycles. The lowest BCUT2D eigenvalue weighted by Crippen LogP contribution is -2.59. The van der Waals surface area contributed by atoms with Crippen molar-refractivity contribution < 1.29 is 59.5 Å². The second-order valence-corrected chi connectivity index (χ2v) is 8.33. The topological polar surface area (TPSA) is 203 Å². The zero-order valence-corrected chi connectivity index (χ0v) is 18.1. The maximum absolute atomic E-state index is 12.3. The van der Waals surface area contributed by atoms with Gasteiger partial charge in [-0.3, -0.25) is 4.79 Å². The minimum atomic E-state index is -1.73. The molecule has 7 N–H and O–H groups in total. The summed E-state index contributed by atoms with van der Waals surface area (Å²) in [7, 11) is 0. The van der Waals surface area contributed by atoms with Crippen LogP contribution in [0.25, 0.3) is 0 Å². The van der Waals surface area contributed by atoms with Crippen molar-refractivity contribution in [2.24, 2.45) is 0 Å². The SMILES string of the molecule is O=C(OC[C@H]1O[C@@H](O[C@H]2CCC(=O)c3ccc(O)cc32)[C@H](O)[C@@H](O)[C@@H]1O)c1cc(O)c(O)c(O)c1. The lowest BCUT2D eigenvalue weighted by Gasteiger charge is -2.41. The molecule has 188 valence electrons. The molecule has 1 aliphatic heterocycles. The number of fused-ring (bicyclic) bond motifs is 1. The Kier molecular flexibility index (Phi) is 6.83. The Labute approximate surface area is 198 Å². The molecule has 0 aromatic heterocycles. The molecule has 0 unspecified atom stereocenters. The molecule has 0 spiro atoms. The van der Waals surface area contributed by atoms with E-state index in [1.807, 2.05) is 0 Å². The fourth-order valence-corrected chi connectivity index (χ4v) is 4.06. The van der Waals surface area contributed by atoms with Gasteiger partial charge in [-0.2, -0.15) is 0 Å². The molecule has 12 nitrogen and oxygen atoms in total. The first-order valence-electron chi connectivity index (χ1n) is 10.7. The minimum Gasteiger partial charge on any atom is -0.508 e. The second kappa shape index (κ2) is 9.68. The lowest BCUT2D eigenvalue weighted by molar-refractivity contribution is -0.312. The number of hydrogen-bond donors (Lipinski definition) is 7. The number of phenols is 4. The maximum Gasteiger partial charge on any atom is 0.338 e. The number of hydrogen-bond acceptors (Lipinski definition) is 12. The highest BCUT2D eigenvalue weighted by Gasteiger charge is 2.46. The highest BCUT2D eigenvalue weighted by Crippen LogP contribution is 2.38. The van der Waals surface area contributed by atoms with E-state index in [2.05, 4.69) is 0 Å². The fraction of sp³-hybridized carbons (Fsp3) is 0.391. The van der Waals surface area contributed by atoms with E-state index < -0.39 is 66.6 Å². The summed E-state index contributed by atoms with van der Waals surface area (Å²) in [6.07, 6.45) is -8.30. The Balaban J connectivity index is 1.46. The zero-order chi connectivity index (χ0) is 25.4. The molecule has 2 aromatic carbocycles. The second-order valence-electron chi connectivity index (χ2n) is 8.33. The largest absolute Gasteiger partial charge is 0.508 e. The number of carbonyl (C=O) groups is 2. The molecule has 0 amide bonds. The molecule has 6 atom stereocenters. The summed E-state index contributed by atoms with van der Waals surface area (Å²) in [5.41, 5.74) is 0.420. The molecule has 1 aliphatic carbocycles. The van der Waals surface area contributed by atoms with E-state index in [9.17, 15) is 45.3 Å². The number of Topliss-reactive ketones (excluding diaryl/α,β-unsaturated/α-hetero) is 1. The van der Waals surface area contributed by atoms with Gasteiger partial charge in [0.1, 0.15) is 36.8 Å². The first kappa shape index (κ1) is 24.7. The first-order valence-corrected chi connectivity index (χ1v) is 10.7. The van der Waals surface area contributed by atoms with E-state index in [1.165, 1.54) is 18.2 Å². The van der Waals surface area contributed by atoms with Crippen molar-refractivity contribution in [1.29, 1.82) is 0 Å². The van der Waals surface area contributed by atoms with Gasteiger partial charge >= 0.3 is 5.97 Å². The van der Waals surface area contributed by atoms with Crippen LogP contribution >= 0.6 is 0 Å². The van der Waals surface area contributed by atoms with E-state index >= 15 is 0 Å². The van der Waals surface area contributed by atoms with Gasteiger partial charge in [0, 0.05) is 12.0 Å². The van der Waals surface area contributed by atoms with Crippen LogP contribution in [0.15, 0.2) is 30.3 Å². The number of aliphatic hydroxyl groups excluding tert-OH is 3. The van der Waals surface area contributed by atoms with Crippen molar-refractivity contribution >= 4 is 11.8 Å². The number of ketones is 1. The molecular formula is C23H24O12. The van der Waals surface area contributed by atoms with Gasteiger partial charge in [-0.25, -0.2) is 4.79 Å². The fourth-order valence-electron chi connectivity index (χ4n) is 4.06. The van der Waals surface area contributed by atoms with E-state index in [4.69, 9.17) is 14.2 Å². The normalized spacial score (nSPS) is 28.4. The van der Waals surface area contributed by atoms with Gasteiger partial charge in [-0.15, -0.1) is 0 Å². The van der Waals surface area contributed by atoms with Gasteiger partial charge in [-0.05, 0) is 42.3 Å². The van der Waals surface area contributed by atoms with Crippen LogP contribution in [0.3, 0.4) is 0 Å². The monoisotopic (exact) mass is 492 g/mol. The van der Waals surface area contributed by atoms with E-state index in [1.54, 1.807) is 0 Å². The average Bonchev–Trinajstić information content (AvgIpc) is 2.83. The average molecular weight is 492 g/mol. The van der Waals surface area contributed by atoms with Crippen molar-refractivity contribution in [3.8, 4) is 23.0 Å². The Morgan fingerprint density at radius 3 is 2.34 bits per heavy atom. The van der Waals surface area contributed by atoms with E-state index in [0.29, 0.717) is 11.1 Å². The predicted octanol–water partition coefficient (Wildman–Crippen LogP) is 0.208. The Hall–Kier alpha value is -3.42. The number of ether oxygens (including phenoxy) is 3. The molecule has 0 bridgehead atoms. The van der Waals surface area contributed by atoms with Gasteiger partial charge in [0.2, 0.25) is 0 Å².